The third-order valence-corrected chi connectivity index (χ3v) is 14.8. The molecule has 0 bridgehead atoms. The van der Waals surface area contributed by atoms with E-state index in [9.17, 15) is 4.57 Å². The molecule has 0 aliphatic carbocycles. The highest BCUT2D eigenvalue weighted by Gasteiger charge is 2.39. The lowest BCUT2D eigenvalue weighted by molar-refractivity contribution is 0.593. The molecule has 2 aromatic carbocycles. The summed E-state index contributed by atoms with van der Waals surface area (Å²) in [7, 11) is -2.88. The number of rotatable bonds is 3. The summed E-state index contributed by atoms with van der Waals surface area (Å²) >= 11 is 8.99. The Bertz CT molecular complexity index is 1350. The first kappa shape index (κ1) is 20.3. The van der Waals surface area contributed by atoms with E-state index < -0.39 is 7.14 Å². The number of hydrogen-bond donors (Lipinski definition) is 0. The number of hydrogen-bond acceptors (Lipinski definition) is 6. The van der Waals surface area contributed by atoms with Gasteiger partial charge in [0.15, 0.2) is 7.14 Å². The van der Waals surface area contributed by atoms with Gasteiger partial charge in [0.1, 0.15) is 0 Å². The Labute approximate surface area is 202 Å². The van der Waals surface area contributed by atoms with E-state index in [1.807, 2.05) is 60.3 Å². The molecule has 0 spiro atoms. The van der Waals surface area contributed by atoms with Gasteiger partial charge in [-0.15, -0.1) is 11.3 Å². The fourth-order valence-corrected chi connectivity index (χ4v) is 12.8. The molecule has 3 aliphatic heterocycles. The number of thiophene rings is 1. The molecular formula is C24H15OPS5. The van der Waals surface area contributed by atoms with E-state index in [-0.39, 0.29) is 0 Å². The Hall–Kier alpha value is -1.27. The van der Waals surface area contributed by atoms with E-state index in [0.29, 0.717) is 0 Å². The van der Waals surface area contributed by atoms with E-state index in [4.69, 9.17) is 0 Å². The smallest absolute Gasteiger partial charge is 0.173 e. The van der Waals surface area contributed by atoms with Crippen molar-refractivity contribution >= 4 is 92.4 Å². The average molecular weight is 511 g/mol. The minimum absolute atomic E-state index is 0.904. The van der Waals surface area contributed by atoms with Crippen LogP contribution in [0.25, 0.3) is 16.3 Å². The Balaban J connectivity index is 1.38. The standard InChI is InChI=1S/C24H15OPS5/c25-26(17-7-2-1-3-8-17)18-9-5-4-6-16(18)14-19(26)20-10-11-21(30-20)22-15-29-24(31-22)23-27-12-13-28-23/h1-15H. The van der Waals surface area contributed by atoms with Gasteiger partial charge in [0.05, 0.1) is 8.47 Å². The fourth-order valence-electron chi connectivity index (χ4n) is 3.77. The van der Waals surface area contributed by atoms with Crippen molar-refractivity contribution in [1.82, 2.24) is 0 Å². The van der Waals surface area contributed by atoms with E-state index in [2.05, 4.69) is 40.5 Å². The first-order valence-corrected chi connectivity index (χ1v) is 15.6. The number of benzene rings is 2. The molecule has 4 heterocycles. The number of fused-ring (bicyclic) bond motifs is 1. The molecule has 0 fully saturated rings. The number of thioether (sulfide) groups is 4. The molecule has 1 nitrogen and oxygen atoms in total. The van der Waals surface area contributed by atoms with Crippen molar-refractivity contribution in [3.63, 3.8) is 0 Å². The zero-order valence-corrected chi connectivity index (χ0v) is 21.0. The SMILES string of the molecule is O=P1(c2ccccc2)C(c2ccc(C3=CSC(=C4SC=CS4)S3)s2)=Cc2ccccc21. The second-order valence-corrected chi connectivity index (χ2v) is 15.0. The zero-order chi connectivity index (χ0) is 20.8. The lowest BCUT2D eigenvalue weighted by Gasteiger charge is -2.18. The van der Waals surface area contributed by atoms with Crippen molar-refractivity contribution in [2.75, 3.05) is 0 Å². The van der Waals surface area contributed by atoms with Gasteiger partial charge in [-0.1, -0.05) is 102 Å². The summed E-state index contributed by atoms with van der Waals surface area (Å²) in [6.07, 6.45) is 2.13. The van der Waals surface area contributed by atoms with Crippen LogP contribution in [0.2, 0.25) is 0 Å². The molecule has 0 radical (unpaired) electrons. The van der Waals surface area contributed by atoms with Crippen LogP contribution in [0.1, 0.15) is 15.3 Å². The quantitative estimate of drug-likeness (QED) is 0.328. The second kappa shape index (κ2) is 8.26. The summed E-state index contributed by atoms with van der Waals surface area (Å²) in [5, 5.41) is 9.34. The molecule has 1 atom stereocenters. The molecule has 0 saturated heterocycles. The Morgan fingerprint density at radius 1 is 0.710 bits per heavy atom. The van der Waals surface area contributed by atoms with Crippen molar-refractivity contribution in [3.05, 3.63) is 107 Å². The summed E-state index contributed by atoms with van der Waals surface area (Å²) < 4.78 is 17.3. The van der Waals surface area contributed by atoms with Gasteiger partial charge in [0, 0.05) is 30.6 Å². The molecule has 1 unspecified atom stereocenters. The normalized spacial score (nSPS) is 22.1. The topological polar surface area (TPSA) is 17.1 Å². The van der Waals surface area contributed by atoms with Gasteiger partial charge in [-0.3, -0.25) is 0 Å². The summed E-state index contributed by atoms with van der Waals surface area (Å²) in [6.45, 7) is 0. The molecule has 0 N–H and O–H groups in total. The van der Waals surface area contributed by atoms with E-state index in [0.717, 1.165) is 26.4 Å². The molecule has 31 heavy (non-hydrogen) atoms. The monoisotopic (exact) mass is 510 g/mol. The van der Waals surface area contributed by atoms with Gasteiger partial charge in [-0.25, -0.2) is 0 Å². The Kier molecular flexibility index (Phi) is 5.42. The van der Waals surface area contributed by atoms with Gasteiger partial charge in [-0.05, 0) is 40.0 Å². The second-order valence-electron chi connectivity index (χ2n) is 6.98. The third kappa shape index (κ3) is 3.49. The summed E-state index contributed by atoms with van der Waals surface area (Å²) in [5.41, 5.74) is 1.07. The van der Waals surface area contributed by atoms with Gasteiger partial charge in [0.2, 0.25) is 0 Å². The van der Waals surface area contributed by atoms with Crippen LogP contribution >= 0.6 is 65.5 Å². The van der Waals surface area contributed by atoms with Gasteiger partial charge < -0.3 is 4.57 Å². The minimum atomic E-state index is -2.88. The minimum Gasteiger partial charge on any atom is -0.309 e. The molecule has 0 saturated carbocycles. The molecule has 152 valence electrons. The van der Waals surface area contributed by atoms with Crippen LogP contribution in [0.5, 0.6) is 0 Å². The predicted octanol–water partition coefficient (Wildman–Crippen LogP) is 8.43. The van der Waals surface area contributed by atoms with E-state index in [1.165, 1.54) is 18.3 Å². The van der Waals surface area contributed by atoms with Crippen molar-refractivity contribution in [3.8, 4) is 0 Å². The average Bonchev–Trinajstić information content (AvgIpc) is 3.60. The highest BCUT2D eigenvalue weighted by atomic mass is 32.2. The largest absolute Gasteiger partial charge is 0.309 e. The predicted molar refractivity (Wildman–Crippen MR) is 146 cm³/mol. The molecule has 0 amide bonds. The molecule has 7 heteroatoms. The maximum Gasteiger partial charge on any atom is 0.173 e. The maximum atomic E-state index is 14.6. The van der Waals surface area contributed by atoms with Crippen LogP contribution in [0, 0.1) is 0 Å². The van der Waals surface area contributed by atoms with Gasteiger partial charge >= 0.3 is 0 Å². The molecule has 1 aromatic heterocycles. The van der Waals surface area contributed by atoms with E-state index in [1.54, 1.807) is 46.6 Å². The van der Waals surface area contributed by atoms with Crippen molar-refractivity contribution in [2.45, 2.75) is 0 Å². The first-order valence-electron chi connectivity index (χ1n) is 9.59. The van der Waals surface area contributed by atoms with Crippen LogP contribution in [0.4, 0.5) is 0 Å². The van der Waals surface area contributed by atoms with Crippen LogP contribution in [-0.2, 0) is 4.57 Å². The third-order valence-electron chi connectivity index (χ3n) is 5.18. The molecule has 3 aromatic rings. The van der Waals surface area contributed by atoms with Crippen LogP contribution < -0.4 is 10.6 Å². The molecule has 3 aliphatic rings. The van der Waals surface area contributed by atoms with Crippen molar-refractivity contribution in [1.29, 1.82) is 0 Å². The Morgan fingerprint density at radius 2 is 1.45 bits per heavy atom. The lowest BCUT2D eigenvalue weighted by atomic mass is 10.2. The van der Waals surface area contributed by atoms with Crippen molar-refractivity contribution in [2.24, 2.45) is 0 Å². The van der Waals surface area contributed by atoms with Crippen LogP contribution in [0.3, 0.4) is 0 Å². The summed E-state index contributed by atoms with van der Waals surface area (Å²) in [6, 6.07) is 22.4. The molecular weight excluding hydrogens is 496 g/mol. The van der Waals surface area contributed by atoms with Crippen LogP contribution in [0.15, 0.2) is 91.4 Å². The van der Waals surface area contributed by atoms with Gasteiger partial charge in [-0.2, -0.15) is 0 Å². The van der Waals surface area contributed by atoms with Crippen LogP contribution in [-0.4, -0.2) is 0 Å². The Morgan fingerprint density at radius 3 is 2.29 bits per heavy atom. The fraction of sp³-hybridized carbons (Fsp3) is 0. The van der Waals surface area contributed by atoms with Gasteiger partial charge in [0.25, 0.3) is 0 Å². The van der Waals surface area contributed by atoms with E-state index >= 15 is 0 Å². The lowest BCUT2D eigenvalue weighted by Crippen LogP contribution is -2.15. The summed E-state index contributed by atoms with van der Waals surface area (Å²) in [4.78, 5) is 3.61. The first-order chi connectivity index (χ1) is 15.2. The highest BCUT2D eigenvalue weighted by molar-refractivity contribution is 8.35. The maximum absolute atomic E-state index is 14.6. The molecule has 6 rings (SSSR count). The zero-order valence-electron chi connectivity index (χ0n) is 16.1. The van der Waals surface area contributed by atoms with Crippen molar-refractivity contribution < 1.29 is 4.57 Å². The summed E-state index contributed by atoms with van der Waals surface area (Å²) in [5.74, 6) is 0. The highest BCUT2D eigenvalue weighted by Crippen LogP contribution is 2.63.